The highest BCUT2D eigenvalue weighted by molar-refractivity contribution is 5.62. The smallest absolute Gasteiger partial charge is 0.0406 e. The molecule has 1 aliphatic rings. The molecule has 1 heterocycles. The van der Waals surface area contributed by atoms with E-state index in [9.17, 15) is 0 Å². The Kier molecular flexibility index (Phi) is 3.41. The number of hydrogen-bond acceptors (Lipinski definition) is 2. The van der Waals surface area contributed by atoms with Gasteiger partial charge in [-0.2, -0.15) is 0 Å². The highest BCUT2D eigenvalue weighted by Crippen LogP contribution is 2.43. The standard InChI is InChI=1S/C16H26N2/c1-11-7-15-14(8-13(11)10-17-5)12(2)9-16(3,4)18(15)6/h7-8,12,17H,9-10H2,1-6H3. The zero-order valence-electron chi connectivity index (χ0n) is 12.6. The number of aryl methyl sites for hydroxylation is 1. The van der Waals surface area contributed by atoms with Crippen molar-refractivity contribution < 1.29 is 0 Å². The van der Waals surface area contributed by atoms with Gasteiger partial charge in [0.25, 0.3) is 0 Å². The Morgan fingerprint density at radius 2 is 2.06 bits per heavy atom. The van der Waals surface area contributed by atoms with Crippen molar-refractivity contribution in [2.75, 3.05) is 19.0 Å². The largest absolute Gasteiger partial charge is 0.369 e. The van der Waals surface area contributed by atoms with E-state index in [1.807, 2.05) is 7.05 Å². The van der Waals surface area contributed by atoms with E-state index in [2.05, 4.69) is 57.1 Å². The van der Waals surface area contributed by atoms with Gasteiger partial charge in [-0.1, -0.05) is 13.0 Å². The van der Waals surface area contributed by atoms with Gasteiger partial charge in [0, 0.05) is 24.8 Å². The fourth-order valence-corrected chi connectivity index (χ4v) is 3.14. The Balaban J connectivity index is 2.51. The summed E-state index contributed by atoms with van der Waals surface area (Å²) in [5, 5.41) is 3.26. The second-order valence-corrected chi connectivity index (χ2v) is 6.34. The van der Waals surface area contributed by atoms with Crippen molar-refractivity contribution in [2.24, 2.45) is 0 Å². The summed E-state index contributed by atoms with van der Waals surface area (Å²) in [6.07, 6.45) is 1.22. The van der Waals surface area contributed by atoms with Crippen LogP contribution < -0.4 is 10.2 Å². The van der Waals surface area contributed by atoms with Crippen molar-refractivity contribution in [3.63, 3.8) is 0 Å². The maximum absolute atomic E-state index is 3.26. The molecule has 0 fully saturated rings. The van der Waals surface area contributed by atoms with Gasteiger partial charge in [0.05, 0.1) is 0 Å². The zero-order chi connectivity index (χ0) is 13.5. The minimum atomic E-state index is 0.253. The molecule has 2 heteroatoms. The molecule has 0 radical (unpaired) electrons. The highest BCUT2D eigenvalue weighted by Gasteiger charge is 2.34. The lowest BCUT2D eigenvalue weighted by Crippen LogP contribution is -2.45. The van der Waals surface area contributed by atoms with Gasteiger partial charge in [-0.15, -0.1) is 0 Å². The third-order valence-corrected chi connectivity index (χ3v) is 4.46. The number of nitrogens with zero attached hydrogens (tertiary/aromatic N) is 1. The molecular formula is C16H26N2. The van der Waals surface area contributed by atoms with E-state index in [0.717, 1.165) is 6.54 Å². The number of anilines is 1. The zero-order valence-corrected chi connectivity index (χ0v) is 12.6. The highest BCUT2D eigenvalue weighted by atomic mass is 15.2. The average Bonchev–Trinajstić information content (AvgIpc) is 2.28. The normalized spacial score (nSPS) is 21.9. The van der Waals surface area contributed by atoms with Crippen LogP contribution in [0.25, 0.3) is 0 Å². The van der Waals surface area contributed by atoms with Crippen molar-refractivity contribution >= 4 is 5.69 Å². The molecule has 2 rings (SSSR count). The molecule has 0 spiro atoms. The van der Waals surface area contributed by atoms with Gasteiger partial charge >= 0.3 is 0 Å². The Morgan fingerprint density at radius 3 is 2.67 bits per heavy atom. The number of fused-ring (bicyclic) bond motifs is 1. The van der Waals surface area contributed by atoms with Crippen LogP contribution in [0.4, 0.5) is 5.69 Å². The maximum atomic E-state index is 3.26. The molecule has 2 nitrogen and oxygen atoms in total. The summed E-state index contributed by atoms with van der Waals surface area (Å²) in [4.78, 5) is 2.44. The Bertz CT molecular complexity index is 449. The number of nitrogens with one attached hydrogen (secondary N) is 1. The molecule has 0 aromatic heterocycles. The fourth-order valence-electron chi connectivity index (χ4n) is 3.14. The van der Waals surface area contributed by atoms with Crippen molar-refractivity contribution in [2.45, 2.75) is 52.1 Å². The van der Waals surface area contributed by atoms with Gasteiger partial charge in [-0.05, 0) is 62.9 Å². The van der Waals surface area contributed by atoms with Gasteiger partial charge in [0.2, 0.25) is 0 Å². The number of hydrogen-bond donors (Lipinski definition) is 1. The molecule has 1 aromatic rings. The van der Waals surface area contributed by atoms with Crippen molar-refractivity contribution in [1.82, 2.24) is 5.32 Å². The van der Waals surface area contributed by atoms with Gasteiger partial charge in [-0.25, -0.2) is 0 Å². The van der Waals surface area contributed by atoms with Crippen LogP contribution >= 0.6 is 0 Å². The van der Waals surface area contributed by atoms with Gasteiger partial charge in [-0.3, -0.25) is 0 Å². The third-order valence-electron chi connectivity index (χ3n) is 4.46. The topological polar surface area (TPSA) is 15.3 Å². The van der Waals surface area contributed by atoms with Crippen LogP contribution in [0.15, 0.2) is 12.1 Å². The van der Waals surface area contributed by atoms with Crippen LogP contribution in [-0.4, -0.2) is 19.6 Å². The molecule has 0 bridgehead atoms. The maximum Gasteiger partial charge on any atom is 0.0406 e. The molecule has 100 valence electrons. The second-order valence-electron chi connectivity index (χ2n) is 6.34. The molecular weight excluding hydrogens is 220 g/mol. The SMILES string of the molecule is CNCc1cc2c(cc1C)N(C)C(C)(C)CC2C. The predicted molar refractivity (Wildman–Crippen MR) is 79.5 cm³/mol. The van der Waals surface area contributed by atoms with E-state index in [4.69, 9.17) is 0 Å². The molecule has 0 aliphatic carbocycles. The van der Waals surface area contributed by atoms with Crippen molar-refractivity contribution in [3.05, 3.63) is 28.8 Å². The van der Waals surface area contributed by atoms with E-state index in [0.29, 0.717) is 5.92 Å². The third kappa shape index (κ3) is 2.14. The van der Waals surface area contributed by atoms with Crippen molar-refractivity contribution in [3.8, 4) is 0 Å². The summed E-state index contributed by atoms with van der Waals surface area (Å²) in [6.45, 7) is 10.2. The first-order chi connectivity index (χ1) is 8.36. The van der Waals surface area contributed by atoms with Crippen LogP contribution in [0.2, 0.25) is 0 Å². The average molecular weight is 246 g/mol. The number of rotatable bonds is 2. The van der Waals surface area contributed by atoms with E-state index in [-0.39, 0.29) is 5.54 Å². The van der Waals surface area contributed by atoms with E-state index in [1.54, 1.807) is 0 Å². The summed E-state index contributed by atoms with van der Waals surface area (Å²) >= 11 is 0. The van der Waals surface area contributed by atoms with E-state index in [1.165, 1.54) is 28.8 Å². The fraction of sp³-hybridized carbons (Fsp3) is 0.625. The van der Waals surface area contributed by atoms with Gasteiger partial charge in [0.15, 0.2) is 0 Å². The molecule has 1 aliphatic heterocycles. The van der Waals surface area contributed by atoms with Gasteiger partial charge in [0.1, 0.15) is 0 Å². The summed E-state index contributed by atoms with van der Waals surface area (Å²) < 4.78 is 0. The molecule has 1 aromatic carbocycles. The Hall–Kier alpha value is -1.02. The minimum absolute atomic E-state index is 0.253. The minimum Gasteiger partial charge on any atom is -0.369 e. The van der Waals surface area contributed by atoms with Crippen LogP contribution in [0.3, 0.4) is 0 Å². The molecule has 1 unspecified atom stereocenters. The summed E-state index contributed by atoms with van der Waals surface area (Å²) in [5.41, 5.74) is 5.99. The molecule has 0 saturated carbocycles. The summed E-state index contributed by atoms with van der Waals surface area (Å²) in [5.74, 6) is 0.641. The Morgan fingerprint density at radius 1 is 1.39 bits per heavy atom. The quantitative estimate of drug-likeness (QED) is 0.860. The molecule has 1 N–H and O–H groups in total. The summed E-state index contributed by atoms with van der Waals surface area (Å²) in [6, 6.07) is 4.76. The molecule has 0 saturated heterocycles. The van der Waals surface area contributed by atoms with E-state index < -0.39 is 0 Å². The predicted octanol–water partition coefficient (Wildman–Crippen LogP) is 3.44. The first kappa shape index (κ1) is 13.4. The molecule has 18 heavy (non-hydrogen) atoms. The first-order valence-corrected chi connectivity index (χ1v) is 6.88. The van der Waals surface area contributed by atoms with Crippen LogP contribution in [0.1, 0.15) is 49.8 Å². The molecule has 1 atom stereocenters. The second kappa shape index (κ2) is 4.58. The van der Waals surface area contributed by atoms with Crippen molar-refractivity contribution in [1.29, 1.82) is 0 Å². The van der Waals surface area contributed by atoms with E-state index >= 15 is 0 Å². The lowest BCUT2D eigenvalue weighted by molar-refractivity contribution is 0.395. The molecule has 0 amide bonds. The van der Waals surface area contributed by atoms with Crippen LogP contribution in [-0.2, 0) is 6.54 Å². The summed E-state index contributed by atoms with van der Waals surface area (Å²) in [7, 11) is 4.24. The van der Waals surface area contributed by atoms with Crippen LogP contribution in [0.5, 0.6) is 0 Å². The van der Waals surface area contributed by atoms with Gasteiger partial charge < -0.3 is 10.2 Å². The van der Waals surface area contributed by atoms with Crippen LogP contribution in [0, 0.1) is 6.92 Å². The monoisotopic (exact) mass is 246 g/mol. The first-order valence-electron chi connectivity index (χ1n) is 6.88. The number of benzene rings is 1. The lowest BCUT2D eigenvalue weighted by Gasteiger charge is -2.45. The lowest BCUT2D eigenvalue weighted by atomic mass is 9.79. The Labute approximate surface area is 111 Å².